The molecule has 0 aromatic heterocycles. The molecule has 1 amide bonds. The van der Waals surface area contributed by atoms with Gasteiger partial charge in [0.15, 0.2) is 0 Å². The van der Waals surface area contributed by atoms with Crippen molar-refractivity contribution in [1.29, 1.82) is 0 Å². The minimum atomic E-state index is -0.749. The highest BCUT2D eigenvalue weighted by molar-refractivity contribution is 5.97. The number of piperidine rings is 1. The molecule has 3 rings (SSSR count). The van der Waals surface area contributed by atoms with Crippen LogP contribution in [0.15, 0.2) is 18.2 Å². The molecule has 1 aromatic rings. The number of hydrogen-bond acceptors (Lipinski definition) is 3. The van der Waals surface area contributed by atoms with Crippen molar-refractivity contribution < 1.29 is 9.90 Å². The third-order valence-corrected chi connectivity index (χ3v) is 4.29. The van der Waals surface area contributed by atoms with Crippen molar-refractivity contribution in [2.45, 2.75) is 38.2 Å². The third kappa shape index (κ3) is 2.52. The van der Waals surface area contributed by atoms with Crippen molar-refractivity contribution in [2.24, 2.45) is 0 Å². The van der Waals surface area contributed by atoms with Gasteiger partial charge in [0.1, 0.15) is 0 Å². The lowest BCUT2D eigenvalue weighted by Crippen LogP contribution is -2.48. The lowest BCUT2D eigenvalue weighted by atomic mass is 9.92. The molecule has 1 saturated heterocycles. The third-order valence-electron chi connectivity index (χ3n) is 4.29. The van der Waals surface area contributed by atoms with Crippen LogP contribution in [0, 0.1) is 0 Å². The van der Waals surface area contributed by atoms with Crippen molar-refractivity contribution in [3.05, 3.63) is 29.3 Å². The number of hydrogen-bond donors (Lipinski definition) is 2. The Morgan fingerprint density at radius 1 is 1.40 bits per heavy atom. The number of nitrogens with zero attached hydrogens (tertiary/aromatic N) is 1. The van der Waals surface area contributed by atoms with Gasteiger partial charge in [-0.15, -0.1) is 0 Å². The molecular formula is C16H22N2O2. The fourth-order valence-electron chi connectivity index (χ4n) is 3.27. The monoisotopic (exact) mass is 274 g/mol. The Balaban J connectivity index is 1.87. The summed E-state index contributed by atoms with van der Waals surface area (Å²) < 4.78 is 0. The number of likely N-dealkylation sites (tertiary alicyclic amines) is 1. The highest BCUT2D eigenvalue weighted by Gasteiger charge is 2.32. The Morgan fingerprint density at radius 3 is 3.05 bits per heavy atom. The summed E-state index contributed by atoms with van der Waals surface area (Å²) in [5.74, 6) is 0.0607. The summed E-state index contributed by atoms with van der Waals surface area (Å²) in [5, 5.41) is 13.5. The van der Waals surface area contributed by atoms with Gasteiger partial charge in [-0.2, -0.15) is 0 Å². The molecule has 2 N–H and O–H groups in total. The van der Waals surface area contributed by atoms with Crippen LogP contribution in [-0.4, -0.2) is 41.1 Å². The number of amides is 1. The lowest BCUT2D eigenvalue weighted by Gasteiger charge is -2.37. The van der Waals surface area contributed by atoms with Crippen LogP contribution in [0.4, 0.5) is 5.69 Å². The van der Waals surface area contributed by atoms with Crippen molar-refractivity contribution in [2.75, 3.05) is 25.0 Å². The van der Waals surface area contributed by atoms with Gasteiger partial charge in [-0.3, -0.25) is 4.79 Å². The molecule has 0 spiro atoms. The zero-order valence-electron chi connectivity index (χ0n) is 12.0. The summed E-state index contributed by atoms with van der Waals surface area (Å²) in [7, 11) is 0. The summed E-state index contributed by atoms with van der Waals surface area (Å²) in [6, 6.07) is 5.89. The van der Waals surface area contributed by atoms with Crippen LogP contribution in [-0.2, 0) is 6.42 Å². The second-order valence-corrected chi connectivity index (χ2v) is 6.19. The number of benzene rings is 1. The summed E-state index contributed by atoms with van der Waals surface area (Å²) in [6.45, 7) is 3.96. The molecule has 2 aliphatic rings. The molecule has 20 heavy (non-hydrogen) atoms. The van der Waals surface area contributed by atoms with Gasteiger partial charge in [0, 0.05) is 30.9 Å². The Hall–Kier alpha value is -1.55. The van der Waals surface area contributed by atoms with Crippen molar-refractivity contribution in [1.82, 2.24) is 4.90 Å². The zero-order valence-corrected chi connectivity index (χ0v) is 12.0. The van der Waals surface area contributed by atoms with E-state index < -0.39 is 5.60 Å². The van der Waals surface area contributed by atoms with Gasteiger partial charge in [-0.1, -0.05) is 6.07 Å². The van der Waals surface area contributed by atoms with E-state index in [9.17, 15) is 9.90 Å². The van der Waals surface area contributed by atoms with Crippen LogP contribution in [0.2, 0.25) is 0 Å². The highest BCUT2D eigenvalue weighted by atomic mass is 16.3. The molecule has 108 valence electrons. The minimum Gasteiger partial charge on any atom is -0.388 e. The van der Waals surface area contributed by atoms with E-state index in [-0.39, 0.29) is 5.91 Å². The Morgan fingerprint density at radius 2 is 2.25 bits per heavy atom. The molecule has 1 aromatic carbocycles. The van der Waals surface area contributed by atoms with Gasteiger partial charge in [0.05, 0.1) is 5.60 Å². The van der Waals surface area contributed by atoms with E-state index >= 15 is 0 Å². The maximum absolute atomic E-state index is 12.7. The van der Waals surface area contributed by atoms with Crippen LogP contribution >= 0.6 is 0 Å². The topological polar surface area (TPSA) is 52.6 Å². The molecular weight excluding hydrogens is 252 g/mol. The standard InChI is InChI=1S/C16H22N2O2/c1-16(20)8-4-10-18(11-16)15(19)13-5-2-7-14-12(13)6-3-9-17-14/h2,5,7,17,20H,3-4,6,8-11H2,1H3. The predicted octanol–water partition coefficient (Wildman–Crippen LogP) is 2.03. The number of carbonyl (C=O) groups is 1. The minimum absolute atomic E-state index is 0.0607. The molecule has 0 radical (unpaired) electrons. The Kier molecular flexibility index (Phi) is 3.42. The maximum atomic E-state index is 12.7. The maximum Gasteiger partial charge on any atom is 0.254 e. The molecule has 0 bridgehead atoms. The fraction of sp³-hybridized carbons (Fsp3) is 0.562. The van der Waals surface area contributed by atoms with Gasteiger partial charge in [-0.05, 0) is 50.3 Å². The molecule has 2 heterocycles. The summed E-state index contributed by atoms with van der Waals surface area (Å²) >= 11 is 0. The Bertz CT molecular complexity index is 525. The normalized spacial score (nSPS) is 25.8. The Labute approximate surface area is 119 Å². The summed E-state index contributed by atoms with van der Waals surface area (Å²) in [5.41, 5.74) is 2.27. The first kappa shape index (κ1) is 13.4. The van der Waals surface area contributed by atoms with Crippen molar-refractivity contribution >= 4 is 11.6 Å². The predicted molar refractivity (Wildman–Crippen MR) is 79.0 cm³/mol. The first-order valence-electron chi connectivity index (χ1n) is 7.44. The molecule has 1 unspecified atom stereocenters. The highest BCUT2D eigenvalue weighted by Crippen LogP contribution is 2.28. The van der Waals surface area contributed by atoms with E-state index in [4.69, 9.17) is 0 Å². The van der Waals surface area contributed by atoms with Crippen LogP contribution in [0.5, 0.6) is 0 Å². The van der Waals surface area contributed by atoms with E-state index in [2.05, 4.69) is 5.32 Å². The summed E-state index contributed by atoms with van der Waals surface area (Å²) in [6.07, 6.45) is 3.65. The van der Waals surface area contributed by atoms with E-state index in [1.807, 2.05) is 25.1 Å². The molecule has 0 aliphatic carbocycles. The second-order valence-electron chi connectivity index (χ2n) is 6.19. The first-order valence-corrected chi connectivity index (χ1v) is 7.44. The number of fused-ring (bicyclic) bond motifs is 1. The van der Waals surface area contributed by atoms with E-state index in [1.54, 1.807) is 4.90 Å². The lowest BCUT2D eigenvalue weighted by molar-refractivity contribution is -0.0107. The average Bonchev–Trinajstić information content (AvgIpc) is 2.45. The van der Waals surface area contributed by atoms with Gasteiger partial charge < -0.3 is 15.3 Å². The largest absolute Gasteiger partial charge is 0.388 e. The van der Waals surface area contributed by atoms with Crippen LogP contribution in [0.25, 0.3) is 0 Å². The van der Waals surface area contributed by atoms with Crippen LogP contribution in [0.1, 0.15) is 42.1 Å². The quantitative estimate of drug-likeness (QED) is 0.824. The number of anilines is 1. The zero-order chi connectivity index (χ0) is 14.2. The van der Waals surface area contributed by atoms with Crippen molar-refractivity contribution in [3.8, 4) is 0 Å². The van der Waals surface area contributed by atoms with E-state index in [0.29, 0.717) is 6.54 Å². The van der Waals surface area contributed by atoms with Crippen LogP contribution in [0.3, 0.4) is 0 Å². The van der Waals surface area contributed by atoms with Gasteiger partial charge in [0.2, 0.25) is 0 Å². The smallest absolute Gasteiger partial charge is 0.254 e. The number of carbonyl (C=O) groups excluding carboxylic acids is 1. The molecule has 4 heteroatoms. The van der Waals surface area contributed by atoms with E-state index in [0.717, 1.165) is 55.6 Å². The average molecular weight is 274 g/mol. The molecule has 1 atom stereocenters. The summed E-state index contributed by atoms with van der Waals surface area (Å²) in [4.78, 5) is 14.5. The number of β-amino-alcohol motifs (C(OH)–C–C–N with tert-alkyl or cyclic N) is 1. The molecule has 4 nitrogen and oxygen atoms in total. The fourth-order valence-corrected chi connectivity index (χ4v) is 3.27. The number of rotatable bonds is 1. The molecule has 1 fully saturated rings. The van der Waals surface area contributed by atoms with Crippen molar-refractivity contribution in [3.63, 3.8) is 0 Å². The number of aliphatic hydroxyl groups is 1. The SMILES string of the molecule is CC1(O)CCCN(C(=O)c2cccc3c2CCCN3)C1. The van der Waals surface area contributed by atoms with Gasteiger partial charge in [-0.25, -0.2) is 0 Å². The second kappa shape index (κ2) is 5.09. The first-order chi connectivity index (χ1) is 9.57. The molecule has 2 aliphatic heterocycles. The van der Waals surface area contributed by atoms with Crippen LogP contribution < -0.4 is 5.32 Å². The van der Waals surface area contributed by atoms with Gasteiger partial charge >= 0.3 is 0 Å². The molecule has 0 saturated carbocycles. The van der Waals surface area contributed by atoms with E-state index in [1.165, 1.54) is 0 Å². The van der Waals surface area contributed by atoms with Gasteiger partial charge in [0.25, 0.3) is 5.91 Å². The number of nitrogens with one attached hydrogen (secondary N) is 1.